The molecule has 5 fully saturated rings. The summed E-state index contributed by atoms with van der Waals surface area (Å²) >= 11 is 0. The molecule has 118 valence electrons. The second kappa shape index (κ2) is 4.02. The third-order valence-electron chi connectivity index (χ3n) is 6.57. The van der Waals surface area contributed by atoms with E-state index in [0.29, 0.717) is 10.8 Å². The molecule has 0 aromatic carbocycles. The van der Waals surface area contributed by atoms with Crippen molar-refractivity contribution in [2.45, 2.75) is 69.9 Å². The van der Waals surface area contributed by atoms with Crippen LogP contribution in [0.1, 0.15) is 58.8 Å². The Morgan fingerprint density at radius 1 is 1.14 bits per heavy atom. The van der Waals surface area contributed by atoms with Gasteiger partial charge >= 0.3 is 5.97 Å². The van der Waals surface area contributed by atoms with Crippen molar-refractivity contribution in [3.63, 3.8) is 0 Å². The third kappa shape index (κ3) is 2.22. The van der Waals surface area contributed by atoms with Crippen molar-refractivity contribution in [1.29, 1.82) is 0 Å². The van der Waals surface area contributed by atoms with Crippen molar-refractivity contribution < 1.29 is 9.90 Å². The Bertz CT molecular complexity index is 467. The van der Waals surface area contributed by atoms with Crippen molar-refractivity contribution in [1.82, 2.24) is 10.6 Å². The largest absolute Gasteiger partial charge is 0.481 e. The number of carbonyl (C=O) groups is 1. The van der Waals surface area contributed by atoms with E-state index in [1.165, 1.54) is 38.5 Å². The highest BCUT2D eigenvalue weighted by molar-refractivity contribution is 5.69. The molecular weight excluding hydrogens is 264 g/mol. The molecule has 0 radical (unpaired) electrons. The first kappa shape index (κ1) is 14.0. The van der Waals surface area contributed by atoms with Crippen LogP contribution in [0.5, 0.6) is 0 Å². The Morgan fingerprint density at radius 2 is 1.76 bits per heavy atom. The van der Waals surface area contributed by atoms with Gasteiger partial charge in [0.2, 0.25) is 0 Å². The number of aliphatic carboxylic acids is 1. The van der Waals surface area contributed by atoms with Gasteiger partial charge in [-0.1, -0.05) is 13.8 Å². The lowest BCUT2D eigenvalue weighted by Gasteiger charge is -2.67. The topological polar surface area (TPSA) is 61.4 Å². The molecule has 1 aliphatic heterocycles. The highest BCUT2D eigenvalue weighted by Gasteiger charge is 2.61. The maximum Gasteiger partial charge on any atom is 0.305 e. The van der Waals surface area contributed by atoms with Crippen molar-refractivity contribution in [3.05, 3.63) is 0 Å². The SMILES string of the molecule is CC12CC3CC(C)(C1)CC(NC1(CC(=O)O)CNC1)(C3)C2. The minimum absolute atomic E-state index is 0.195. The second-order valence-electron chi connectivity index (χ2n) is 9.49. The van der Waals surface area contributed by atoms with Crippen LogP contribution in [-0.2, 0) is 4.79 Å². The van der Waals surface area contributed by atoms with E-state index in [1.54, 1.807) is 0 Å². The first-order valence-corrected chi connectivity index (χ1v) is 8.46. The Labute approximate surface area is 127 Å². The lowest BCUT2D eigenvalue weighted by Crippen LogP contribution is -2.76. The molecule has 4 heteroatoms. The normalized spacial score (nSPS) is 49.9. The molecule has 0 spiro atoms. The van der Waals surface area contributed by atoms with Gasteiger partial charge in [0, 0.05) is 18.6 Å². The number of carboxylic acids is 1. The summed E-state index contributed by atoms with van der Waals surface area (Å²) in [6.45, 7) is 6.54. The van der Waals surface area contributed by atoms with Crippen LogP contribution >= 0.6 is 0 Å². The summed E-state index contributed by atoms with van der Waals surface area (Å²) in [4.78, 5) is 11.3. The molecule has 4 saturated carbocycles. The quantitative estimate of drug-likeness (QED) is 0.743. The van der Waals surface area contributed by atoms with Gasteiger partial charge in [0.05, 0.1) is 12.0 Å². The van der Waals surface area contributed by atoms with Gasteiger partial charge in [0.15, 0.2) is 0 Å². The lowest BCUT2D eigenvalue weighted by molar-refractivity contribution is -0.144. The predicted molar refractivity (Wildman–Crippen MR) is 81.1 cm³/mol. The molecule has 3 N–H and O–H groups in total. The van der Waals surface area contributed by atoms with E-state index in [-0.39, 0.29) is 17.5 Å². The zero-order chi connectivity index (χ0) is 14.9. The molecule has 0 aromatic rings. The Hall–Kier alpha value is -0.610. The maximum atomic E-state index is 11.3. The summed E-state index contributed by atoms with van der Waals surface area (Å²) in [6.07, 6.45) is 8.14. The smallest absolute Gasteiger partial charge is 0.305 e. The fraction of sp³-hybridized carbons (Fsp3) is 0.941. The maximum absolute atomic E-state index is 11.3. The first-order valence-electron chi connectivity index (χ1n) is 8.46. The van der Waals surface area contributed by atoms with E-state index in [1.807, 2.05) is 0 Å². The van der Waals surface area contributed by atoms with E-state index in [0.717, 1.165) is 19.0 Å². The van der Waals surface area contributed by atoms with Crippen LogP contribution in [-0.4, -0.2) is 35.2 Å². The average Bonchev–Trinajstić information content (AvgIpc) is 2.19. The summed E-state index contributed by atoms with van der Waals surface area (Å²) in [5, 5.41) is 16.5. The highest BCUT2D eigenvalue weighted by atomic mass is 16.4. The van der Waals surface area contributed by atoms with Crippen LogP contribution in [0.4, 0.5) is 0 Å². The van der Waals surface area contributed by atoms with Gasteiger partial charge in [-0.25, -0.2) is 0 Å². The van der Waals surface area contributed by atoms with Gasteiger partial charge in [-0.05, 0) is 55.3 Å². The van der Waals surface area contributed by atoms with Gasteiger partial charge in [0.25, 0.3) is 0 Å². The molecule has 4 bridgehead atoms. The average molecular weight is 292 g/mol. The molecule has 1 saturated heterocycles. The molecule has 1 heterocycles. The number of nitrogens with one attached hydrogen (secondary N) is 2. The minimum atomic E-state index is -0.675. The monoisotopic (exact) mass is 292 g/mol. The fourth-order valence-electron chi connectivity index (χ4n) is 7.12. The van der Waals surface area contributed by atoms with Gasteiger partial charge < -0.3 is 15.7 Å². The number of hydrogen-bond acceptors (Lipinski definition) is 3. The Kier molecular flexibility index (Phi) is 2.68. The lowest BCUT2D eigenvalue weighted by atomic mass is 9.42. The molecule has 0 aromatic heterocycles. The molecule has 5 aliphatic rings. The zero-order valence-corrected chi connectivity index (χ0v) is 13.3. The summed E-state index contributed by atoms with van der Waals surface area (Å²) in [5.41, 5.74) is 0.941. The van der Waals surface area contributed by atoms with Crippen LogP contribution in [0.3, 0.4) is 0 Å². The standard InChI is InChI=1S/C17H28N2O2/c1-14-3-12-4-15(2,7-14)9-16(5-12,8-14)19-17(6-13(20)21)10-18-11-17/h12,18-19H,3-11H2,1-2H3,(H,20,21). The molecule has 4 aliphatic carbocycles. The molecular formula is C17H28N2O2. The van der Waals surface area contributed by atoms with Crippen molar-refractivity contribution in [2.24, 2.45) is 16.7 Å². The summed E-state index contributed by atoms with van der Waals surface area (Å²) < 4.78 is 0. The molecule has 5 rings (SSSR count). The fourth-order valence-corrected chi connectivity index (χ4v) is 7.12. The van der Waals surface area contributed by atoms with Crippen LogP contribution < -0.4 is 10.6 Å². The highest BCUT2D eigenvalue weighted by Crippen LogP contribution is 2.66. The third-order valence-corrected chi connectivity index (χ3v) is 6.57. The van der Waals surface area contributed by atoms with Crippen LogP contribution in [0.25, 0.3) is 0 Å². The van der Waals surface area contributed by atoms with Gasteiger partial charge in [0.1, 0.15) is 0 Å². The predicted octanol–water partition coefficient (Wildman–Crippen LogP) is 2.14. The first-order chi connectivity index (χ1) is 9.74. The Balaban J connectivity index is 1.61. The minimum Gasteiger partial charge on any atom is -0.481 e. The van der Waals surface area contributed by atoms with E-state index in [4.69, 9.17) is 0 Å². The number of rotatable bonds is 4. The van der Waals surface area contributed by atoms with Crippen LogP contribution in [0.15, 0.2) is 0 Å². The van der Waals surface area contributed by atoms with Crippen LogP contribution in [0, 0.1) is 16.7 Å². The van der Waals surface area contributed by atoms with Crippen molar-refractivity contribution in [3.8, 4) is 0 Å². The van der Waals surface area contributed by atoms with E-state index >= 15 is 0 Å². The zero-order valence-electron chi connectivity index (χ0n) is 13.3. The van der Waals surface area contributed by atoms with E-state index in [2.05, 4.69) is 24.5 Å². The van der Waals surface area contributed by atoms with Crippen molar-refractivity contribution in [2.75, 3.05) is 13.1 Å². The van der Waals surface area contributed by atoms with E-state index < -0.39 is 5.97 Å². The summed E-state index contributed by atoms with van der Waals surface area (Å²) in [6, 6.07) is 0. The van der Waals surface area contributed by atoms with E-state index in [9.17, 15) is 9.90 Å². The number of hydrogen-bond donors (Lipinski definition) is 3. The van der Waals surface area contributed by atoms with Gasteiger partial charge in [-0.3, -0.25) is 4.79 Å². The molecule has 2 atom stereocenters. The molecule has 4 nitrogen and oxygen atoms in total. The number of carboxylic acid groups (broad SMARTS) is 1. The van der Waals surface area contributed by atoms with Crippen LogP contribution in [0.2, 0.25) is 0 Å². The molecule has 2 unspecified atom stereocenters. The van der Waals surface area contributed by atoms with Gasteiger partial charge in [-0.2, -0.15) is 0 Å². The summed E-state index contributed by atoms with van der Waals surface area (Å²) in [7, 11) is 0. The summed E-state index contributed by atoms with van der Waals surface area (Å²) in [5.74, 6) is 0.171. The molecule has 0 amide bonds. The Morgan fingerprint density at radius 3 is 2.19 bits per heavy atom. The molecule has 21 heavy (non-hydrogen) atoms. The van der Waals surface area contributed by atoms with Gasteiger partial charge in [-0.15, -0.1) is 0 Å². The van der Waals surface area contributed by atoms with Crippen molar-refractivity contribution >= 4 is 5.97 Å². The second-order valence-corrected chi connectivity index (χ2v) is 9.49.